The summed E-state index contributed by atoms with van der Waals surface area (Å²) in [4.78, 5) is 31.6. The number of carbonyl (C=O) groups excluding carboxylic acids is 3. The second-order valence-corrected chi connectivity index (χ2v) is 2.84. The van der Waals surface area contributed by atoms with Gasteiger partial charge in [0.05, 0.1) is 0 Å². The molecule has 0 radical (unpaired) electrons. The molecular weight excluding hydrogens is 236 g/mol. The largest absolute Gasteiger partial charge is 0.462 e. The Morgan fingerprint density at radius 1 is 0.882 bits per heavy atom. The average Bonchev–Trinajstić information content (AvgIpc) is 2.24. The van der Waals surface area contributed by atoms with Crippen molar-refractivity contribution in [1.82, 2.24) is 0 Å². The quantitative estimate of drug-likeness (QED) is 0.305. The summed E-state index contributed by atoms with van der Waals surface area (Å²) in [6.45, 7) is 3.44. The molecule has 0 aliphatic carbocycles. The van der Waals surface area contributed by atoms with Crippen molar-refractivity contribution in [3.63, 3.8) is 0 Å². The number of hydrogen-bond donors (Lipinski definition) is 2. The number of rotatable bonds is 5. The highest BCUT2D eigenvalue weighted by Gasteiger charge is 2.15. The Kier molecular flexibility index (Phi) is 11.3. The minimum atomic E-state index is -0.754. The van der Waals surface area contributed by atoms with E-state index in [-0.39, 0.29) is 13.2 Å². The van der Waals surface area contributed by atoms with E-state index in [0.29, 0.717) is 0 Å². The highest BCUT2D eigenvalue weighted by molar-refractivity contribution is 5.67. The Bertz CT molecular complexity index is 231. The normalized spacial score (nSPS) is 8.82. The summed E-state index contributed by atoms with van der Waals surface area (Å²) in [5.74, 6) is -1.51. The van der Waals surface area contributed by atoms with E-state index in [9.17, 15) is 14.4 Å². The second kappa shape index (κ2) is 10.8. The Balaban J connectivity index is 0. The van der Waals surface area contributed by atoms with E-state index < -0.39 is 24.0 Å². The molecule has 0 aromatic carbocycles. The molecule has 0 amide bonds. The molecule has 0 rings (SSSR count). The highest BCUT2D eigenvalue weighted by atomic mass is 17.0. The van der Waals surface area contributed by atoms with Crippen molar-refractivity contribution in [2.75, 3.05) is 13.2 Å². The van der Waals surface area contributed by atoms with Crippen molar-refractivity contribution in [1.29, 1.82) is 0 Å². The molecule has 8 nitrogen and oxygen atoms in total. The van der Waals surface area contributed by atoms with Crippen LogP contribution >= 0.6 is 0 Å². The number of hydrogen-bond acceptors (Lipinski definition) is 8. The van der Waals surface area contributed by atoms with E-state index in [4.69, 9.17) is 15.3 Å². The highest BCUT2D eigenvalue weighted by Crippen LogP contribution is 1.97. The van der Waals surface area contributed by atoms with Crippen LogP contribution in [0.1, 0.15) is 20.8 Å². The van der Waals surface area contributed by atoms with Gasteiger partial charge >= 0.3 is 17.9 Å². The molecule has 0 aliphatic rings. The first kappa shape index (κ1) is 17.7. The Morgan fingerprint density at radius 3 is 1.47 bits per heavy atom. The van der Waals surface area contributed by atoms with Gasteiger partial charge in [-0.05, 0) is 0 Å². The maximum Gasteiger partial charge on any atom is 0.303 e. The fraction of sp³-hybridized carbons (Fsp3) is 0.667. The summed E-state index contributed by atoms with van der Waals surface area (Å²) < 4.78 is 14.0. The van der Waals surface area contributed by atoms with Gasteiger partial charge in [-0.3, -0.25) is 24.9 Å². The molecule has 8 heteroatoms. The van der Waals surface area contributed by atoms with Gasteiger partial charge in [0, 0.05) is 20.8 Å². The van der Waals surface area contributed by atoms with Gasteiger partial charge in [-0.15, -0.1) is 0 Å². The summed E-state index contributed by atoms with van der Waals surface area (Å²) in [7, 11) is 0. The Labute approximate surface area is 98.0 Å². The van der Waals surface area contributed by atoms with Crippen molar-refractivity contribution in [3.05, 3.63) is 0 Å². The fourth-order valence-corrected chi connectivity index (χ4v) is 0.771. The molecule has 0 aromatic rings. The van der Waals surface area contributed by atoms with Gasteiger partial charge in [-0.1, -0.05) is 0 Å². The van der Waals surface area contributed by atoms with Crippen LogP contribution in [0.25, 0.3) is 0 Å². The molecule has 17 heavy (non-hydrogen) atoms. The van der Waals surface area contributed by atoms with Crippen LogP contribution in [0.5, 0.6) is 0 Å². The van der Waals surface area contributed by atoms with Crippen molar-refractivity contribution in [2.45, 2.75) is 26.9 Å². The average molecular weight is 252 g/mol. The van der Waals surface area contributed by atoms with Gasteiger partial charge in [0.1, 0.15) is 13.2 Å². The number of ether oxygens (including phenoxy) is 3. The number of esters is 3. The first-order valence-electron chi connectivity index (χ1n) is 4.55. The summed E-state index contributed by atoms with van der Waals surface area (Å²) in [5.41, 5.74) is 0. The van der Waals surface area contributed by atoms with E-state index in [1.54, 1.807) is 0 Å². The third-order valence-corrected chi connectivity index (χ3v) is 1.28. The molecular formula is C9H16O8. The van der Waals surface area contributed by atoms with Crippen LogP contribution in [-0.2, 0) is 28.6 Å². The van der Waals surface area contributed by atoms with Crippen LogP contribution in [-0.4, -0.2) is 47.7 Å². The minimum absolute atomic E-state index is 0.123. The summed E-state index contributed by atoms with van der Waals surface area (Å²) >= 11 is 0. The van der Waals surface area contributed by atoms with Crippen molar-refractivity contribution >= 4 is 17.9 Å². The van der Waals surface area contributed by atoms with E-state index in [0.717, 1.165) is 0 Å². The zero-order valence-corrected chi connectivity index (χ0v) is 9.84. The molecule has 0 unspecified atom stereocenters. The predicted molar refractivity (Wildman–Crippen MR) is 54.1 cm³/mol. The molecule has 0 spiro atoms. The van der Waals surface area contributed by atoms with Gasteiger partial charge < -0.3 is 14.2 Å². The molecule has 0 heterocycles. The molecule has 0 bridgehead atoms. The molecule has 0 saturated carbocycles. The Morgan fingerprint density at radius 2 is 1.24 bits per heavy atom. The maximum atomic E-state index is 10.6. The topological polar surface area (TPSA) is 119 Å². The van der Waals surface area contributed by atoms with E-state index >= 15 is 0 Å². The lowest BCUT2D eigenvalue weighted by Gasteiger charge is -2.15. The van der Waals surface area contributed by atoms with Crippen LogP contribution in [0, 0.1) is 0 Å². The zero-order valence-electron chi connectivity index (χ0n) is 9.84. The van der Waals surface area contributed by atoms with E-state index in [1.165, 1.54) is 20.8 Å². The van der Waals surface area contributed by atoms with Gasteiger partial charge in [0.2, 0.25) is 0 Å². The van der Waals surface area contributed by atoms with E-state index in [2.05, 4.69) is 9.47 Å². The lowest BCUT2D eigenvalue weighted by molar-refractivity contribution is -0.176. The monoisotopic (exact) mass is 252 g/mol. The van der Waals surface area contributed by atoms with Crippen LogP contribution < -0.4 is 0 Å². The van der Waals surface area contributed by atoms with Gasteiger partial charge in [-0.25, -0.2) is 0 Å². The molecule has 0 atom stereocenters. The van der Waals surface area contributed by atoms with Gasteiger partial charge in [0.25, 0.3) is 0 Å². The van der Waals surface area contributed by atoms with Gasteiger partial charge in [0.15, 0.2) is 6.10 Å². The molecule has 2 N–H and O–H groups in total. The molecule has 0 aliphatic heterocycles. The van der Waals surface area contributed by atoms with Crippen LogP contribution in [0.2, 0.25) is 0 Å². The van der Waals surface area contributed by atoms with Crippen molar-refractivity contribution in [2.24, 2.45) is 0 Å². The molecule has 0 fully saturated rings. The maximum absolute atomic E-state index is 10.6. The molecule has 0 aromatic heterocycles. The van der Waals surface area contributed by atoms with Crippen LogP contribution in [0.3, 0.4) is 0 Å². The number of carbonyl (C=O) groups is 3. The standard InChI is InChI=1S/C9H14O6.H2O2/c1-6(10)13-4-9(15-8(3)12)5-14-7(2)11;1-2/h9H,4-5H2,1-3H3;1-2H. The lowest BCUT2D eigenvalue weighted by Crippen LogP contribution is -2.29. The van der Waals surface area contributed by atoms with Crippen LogP contribution in [0.4, 0.5) is 0 Å². The van der Waals surface area contributed by atoms with Crippen molar-refractivity contribution < 1.29 is 39.1 Å². The third-order valence-electron chi connectivity index (χ3n) is 1.28. The van der Waals surface area contributed by atoms with Crippen LogP contribution in [0.15, 0.2) is 0 Å². The molecule has 100 valence electrons. The summed E-state index contributed by atoms with van der Waals surface area (Å²) in [6, 6.07) is 0. The summed E-state index contributed by atoms with van der Waals surface area (Å²) in [6.07, 6.45) is -0.754. The first-order valence-corrected chi connectivity index (χ1v) is 4.55. The fourth-order valence-electron chi connectivity index (χ4n) is 0.771. The third kappa shape index (κ3) is 14.3. The zero-order chi connectivity index (χ0) is 13.8. The predicted octanol–water partition coefficient (Wildman–Crippen LogP) is 0.0617. The minimum Gasteiger partial charge on any atom is -0.462 e. The first-order chi connectivity index (χ1) is 7.91. The SMILES string of the molecule is CC(=O)OCC(COC(C)=O)OC(C)=O.OO. The molecule has 0 saturated heterocycles. The van der Waals surface area contributed by atoms with E-state index in [1.807, 2.05) is 0 Å². The smallest absolute Gasteiger partial charge is 0.303 e. The lowest BCUT2D eigenvalue weighted by atomic mass is 10.4. The van der Waals surface area contributed by atoms with Gasteiger partial charge in [-0.2, -0.15) is 0 Å². The summed E-state index contributed by atoms with van der Waals surface area (Å²) in [5, 5.41) is 12.0. The Hall–Kier alpha value is -1.67. The second-order valence-electron chi connectivity index (χ2n) is 2.84. The van der Waals surface area contributed by atoms with Crippen molar-refractivity contribution in [3.8, 4) is 0 Å².